The number of nitrogens with two attached hydrogens (primary N) is 1. The van der Waals surface area contributed by atoms with Gasteiger partial charge < -0.3 is 20.3 Å². The molecular formula is C14H13N3O5. The molecule has 1 aromatic carbocycles. The summed E-state index contributed by atoms with van der Waals surface area (Å²) < 4.78 is 8.95. The number of carbonyl (C=O) groups is 2. The van der Waals surface area contributed by atoms with Gasteiger partial charge in [-0.3, -0.25) is 9.59 Å². The molecule has 0 bridgehead atoms. The van der Waals surface area contributed by atoms with E-state index in [1.807, 2.05) is 0 Å². The molecule has 0 spiro atoms. The second kappa shape index (κ2) is 6.95. The number of benzene rings is 1. The van der Waals surface area contributed by atoms with Crippen LogP contribution in [-0.2, 0) is 19.1 Å². The van der Waals surface area contributed by atoms with Crippen LogP contribution in [0.1, 0.15) is 23.0 Å². The number of rotatable bonds is 4. The van der Waals surface area contributed by atoms with Gasteiger partial charge in [0.25, 0.3) is 0 Å². The number of hydrogen-bond acceptors (Lipinski definition) is 8. The smallest absolute Gasteiger partial charge is 0.327 e. The van der Waals surface area contributed by atoms with Crippen molar-refractivity contribution in [3.63, 3.8) is 0 Å². The maximum absolute atomic E-state index is 11.5. The van der Waals surface area contributed by atoms with Gasteiger partial charge in [-0.25, -0.2) is 0 Å². The Kier molecular flexibility index (Phi) is 5.31. The molecule has 2 unspecified atom stereocenters. The lowest BCUT2D eigenvalue weighted by Gasteiger charge is -2.15. The van der Waals surface area contributed by atoms with Crippen LogP contribution in [-0.4, -0.2) is 31.3 Å². The quantitative estimate of drug-likeness (QED) is 0.465. The third kappa shape index (κ3) is 3.07. The zero-order valence-electron chi connectivity index (χ0n) is 11.9. The molecule has 0 heterocycles. The monoisotopic (exact) mass is 303 g/mol. The number of methoxy groups -OCH3 is 2. The Labute approximate surface area is 126 Å². The Morgan fingerprint density at radius 2 is 1.55 bits per heavy atom. The molecule has 0 aliphatic rings. The third-order valence-electron chi connectivity index (χ3n) is 2.99. The van der Waals surface area contributed by atoms with Crippen molar-refractivity contribution >= 4 is 17.6 Å². The highest BCUT2D eigenvalue weighted by molar-refractivity contribution is 5.86. The molecule has 1 aromatic rings. The Morgan fingerprint density at radius 1 is 1.09 bits per heavy atom. The van der Waals surface area contributed by atoms with Crippen LogP contribution in [0.15, 0.2) is 12.1 Å². The number of hydrogen-bond donors (Lipinski definition) is 2. The fourth-order valence-electron chi connectivity index (χ4n) is 1.85. The Balaban J connectivity index is 3.40. The predicted molar refractivity (Wildman–Crippen MR) is 73.3 cm³/mol. The maximum Gasteiger partial charge on any atom is 0.327 e. The van der Waals surface area contributed by atoms with Gasteiger partial charge >= 0.3 is 11.9 Å². The first-order valence-corrected chi connectivity index (χ1v) is 5.98. The number of ether oxygens (including phenoxy) is 2. The average molecular weight is 303 g/mol. The lowest BCUT2D eigenvalue weighted by Crippen LogP contribution is -2.16. The second-order valence-electron chi connectivity index (χ2n) is 4.21. The molecule has 0 aliphatic carbocycles. The zero-order valence-corrected chi connectivity index (χ0v) is 11.9. The van der Waals surface area contributed by atoms with Crippen LogP contribution in [0.3, 0.4) is 0 Å². The minimum Gasteiger partial charge on any atom is -0.508 e. The molecule has 22 heavy (non-hydrogen) atoms. The molecule has 114 valence electrons. The Bertz CT molecular complexity index is 627. The van der Waals surface area contributed by atoms with E-state index in [0.29, 0.717) is 0 Å². The number of aromatic hydroxyl groups is 1. The summed E-state index contributed by atoms with van der Waals surface area (Å²) in [5, 5.41) is 28.0. The van der Waals surface area contributed by atoms with E-state index in [0.717, 1.165) is 26.4 Å². The number of carbonyl (C=O) groups excluding carboxylic acids is 2. The number of esters is 2. The molecule has 0 fully saturated rings. The van der Waals surface area contributed by atoms with Crippen molar-refractivity contribution in [1.82, 2.24) is 0 Å². The van der Waals surface area contributed by atoms with Gasteiger partial charge in [-0.05, 0) is 12.1 Å². The fourth-order valence-corrected chi connectivity index (χ4v) is 1.85. The molecule has 0 saturated heterocycles. The molecule has 8 heteroatoms. The van der Waals surface area contributed by atoms with Gasteiger partial charge in [0, 0.05) is 16.8 Å². The van der Waals surface area contributed by atoms with Crippen LogP contribution in [0.2, 0.25) is 0 Å². The first kappa shape index (κ1) is 16.8. The summed E-state index contributed by atoms with van der Waals surface area (Å²) in [6.45, 7) is 0. The summed E-state index contributed by atoms with van der Waals surface area (Å²) in [6, 6.07) is 5.61. The third-order valence-corrected chi connectivity index (χ3v) is 2.99. The first-order chi connectivity index (χ1) is 10.4. The molecule has 0 aromatic heterocycles. The summed E-state index contributed by atoms with van der Waals surface area (Å²) >= 11 is 0. The van der Waals surface area contributed by atoms with Crippen molar-refractivity contribution in [2.75, 3.05) is 20.0 Å². The highest BCUT2D eigenvalue weighted by Gasteiger charge is 2.29. The number of phenols is 1. The van der Waals surface area contributed by atoms with Crippen molar-refractivity contribution in [3.8, 4) is 17.9 Å². The van der Waals surface area contributed by atoms with Crippen molar-refractivity contribution in [2.24, 2.45) is 0 Å². The largest absolute Gasteiger partial charge is 0.508 e. The molecule has 0 saturated carbocycles. The van der Waals surface area contributed by atoms with E-state index in [4.69, 9.17) is 16.3 Å². The molecule has 0 amide bonds. The summed E-state index contributed by atoms with van der Waals surface area (Å²) in [4.78, 5) is 23.0. The fraction of sp³-hybridized carbons (Fsp3) is 0.286. The van der Waals surface area contributed by atoms with E-state index in [2.05, 4.69) is 9.47 Å². The van der Waals surface area contributed by atoms with Crippen molar-refractivity contribution in [2.45, 2.75) is 11.8 Å². The minimum absolute atomic E-state index is 0.0251. The van der Waals surface area contributed by atoms with Gasteiger partial charge in [0.1, 0.15) is 5.75 Å². The Hall–Kier alpha value is -3.26. The maximum atomic E-state index is 11.5. The van der Waals surface area contributed by atoms with E-state index >= 15 is 0 Å². The number of nitrogens with zero attached hydrogens (tertiary/aromatic N) is 2. The summed E-state index contributed by atoms with van der Waals surface area (Å²) in [7, 11) is 2.21. The lowest BCUT2D eigenvalue weighted by atomic mass is 9.92. The second-order valence-corrected chi connectivity index (χ2v) is 4.21. The number of nitrogen functional groups attached to an aromatic ring is 1. The topological polar surface area (TPSA) is 146 Å². The van der Waals surface area contributed by atoms with Crippen LogP contribution in [0.4, 0.5) is 5.69 Å². The normalized spacial score (nSPS) is 12.4. The highest BCUT2D eigenvalue weighted by atomic mass is 16.5. The number of nitriles is 2. The van der Waals surface area contributed by atoms with Crippen LogP contribution in [0, 0.1) is 22.7 Å². The van der Waals surface area contributed by atoms with E-state index in [1.165, 1.54) is 0 Å². The molecular weight excluding hydrogens is 290 g/mol. The number of anilines is 1. The van der Waals surface area contributed by atoms with Crippen molar-refractivity contribution < 1.29 is 24.2 Å². The van der Waals surface area contributed by atoms with E-state index in [9.17, 15) is 14.7 Å². The van der Waals surface area contributed by atoms with Gasteiger partial charge in [0.15, 0.2) is 11.8 Å². The minimum atomic E-state index is -1.37. The van der Waals surface area contributed by atoms with Crippen LogP contribution in [0.25, 0.3) is 0 Å². The van der Waals surface area contributed by atoms with Gasteiger partial charge in [-0.15, -0.1) is 0 Å². The molecule has 2 atom stereocenters. The summed E-state index contributed by atoms with van der Waals surface area (Å²) in [6.07, 6.45) is 0. The van der Waals surface area contributed by atoms with Gasteiger partial charge in [-0.2, -0.15) is 10.5 Å². The van der Waals surface area contributed by atoms with Crippen LogP contribution < -0.4 is 5.73 Å². The highest BCUT2D eigenvalue weighted by Crippen LogP contribution is 2.34. The standard InChI is InChI=1S/C14H13N3O5/c1-21-13(19)9(5-15)7-4-12(18)8(3-11(7)17)10(6-16)14(20)22-2/h3-4,9-10,18H,17H2,1-2H3. The van der Waals surface area contributed by atoms with E-state index in [1.54, 1.807) is 12.1 Å². The summed E-state index contributed by atoms with van der Waals surface area (Å²) in [5.41, 5.74) is 5.68. The molecule has 1 rings (SSSR count). The van der Waals surface area contributed by atoms with E-state index < -0.39 is 29.5 Å². The van der Waals surface area contributed by atoms with Crippen LogP contribution >= 0.6 is 0 Å². The number of phenolic OH excluding ortho intramolecular Hbond substituents is 1. The van der Waals surface area contributed by atoms with Crippen LogP contribution in [0.5, 0.6) is 5.75 Å². The average Bonchev–Trinajstić information content (AvgIpc) is 2.52. The first-order valence-electron chi connectivity index (χ1n) is 5.98. The van der Waals surface area contributed by atoms with Gasteiger partial charge in [0.05, 0.1) is 26.4 Å². The SMILES string of the molecule is COC(=O)C(C#N)c1cc(O)c(C(C#N)C(=O)OC)cc1N. The van der Waals surface area contributed by atoms with Gasteiger partial charge in [-0.1, -0.05) is 0 Å². The molecule has 3 N–H and O–H groups in total. The predicted octanol–water partition coefficient (Wildman–Crippen LogP) is 0.535. The Morgan fingerprint density at radius 3 is 1.95 bits per heavy atom. The molecule has 8 nitrogen and oxygen atoms in total. The van der Waals surface area contributed by atoms with E-state index in [-0.39, 0.29) is 16.8 Å². The van der Waals surface area contributed by atoms with Gasteiger partial charge in [0.2, 0.25) is 0 Å². The van der Waals surface area contributed by atoms with Crippen molar-refractivity contribution in [1.29, 1.82) is 10.5 Å². The molecule has 0 radical (unpaired) electrons. The molecule has 0 aliphatic heterocycles. The lowest BCUT2D eigenvalue weighted by molar-refractivity contribution is -0.141. The van der Waals surface area contributed by atoms with Crippen molar-refractivity contribution in [3.05, 3.63) is 23.3 Å². The zero-order chi connectivity index (χ0) is 16.9. The summed E-state index contributed by atoms with van der Waals surface area (Å²) in [5.74, 6) is -4.87.